The fourth-order valence-electron chi connectivity index (χ4n) is 3.08. The Morgan fingerprint density at radius 1 is 0.739 bits per heavy atom. The highest BCUT2D eigenvalue weighted by Crippen LogP contribution is 2.23. The van der Waals surface area contributed by atoms with Crippen molar-refractivity contribution in [2.24, 2.45) is 0 Å². The monoisotopic (exact) mass is 320 g/mol. The van der Waals surface area contributed by atoms with E-state index in [2.05, 4.69) is 6.92 Å². The van der Waals surface area contributed by atoms with Crippen LogP contribution in [0.25, 0.3) is 0 Å². The molecular weight excluding hydrogens is 284 g/mol. The van der Waals surface area contributed by atoms with Gasteiger partial charge in [0.15, 0.2) is 0 Å². The second kappa shape index (κ2) is 13.3. The fourth-order valence-corrected chi connectivity index (χ4v) is 3.08. The van der Waals surface area contributed by atoms with Gasteiger partial charge in [-0.15, -0.1) is 0 Å². The van der Waals surface area contributed by atoms with E-state index in [9.17, 15) is 5.11 Å². The number of hydrogen-bond acceptors (Lipinski definition) is 2. The molecule has 1 rings (SSSR count). The first-order valence-electron chi connectivity index (χ1n) is 9.63. The van der Waals surface area contributed by atoms with Crippen molar-refractivity contribution < 1.29 is 9.84 Å². The van der Waals surface area contributed by atoms with Crippen molar-refractivity contribution in [3.8, 4) is 11.5 Å². The number of unbranched alkanes of at least 4 members (excludes halogenated alkanes) is 11. The molecule has 1 aromatic carbocycles. The number of phenolic OH excluding ortho intramolecular Hbond substituents is 1. The molecule has 1 N–H and O–H groups in total. The summed E-state index contributed by atoms with van der Waals surface area (Å²) in [4.78, 5) is 0. The smallest absolute Gasteiger partial charge is 0.122 e. The maximum Gasteiger partial charge on any atom is 0.122 e. The van der Waals surface area contributed by atoms with Crippen LogP contribution >= 0.6 is 0 Å². The zero-order valence-electron chi connectivity index (χ0n) is 15.3. The summed E-state index contributed by atoms with van der Waals surface area (Å²) in [5.74, 6) is 1.05. The predicted molar refractivity (Wildman–Crippen MR) is 99.4 cm³/mol. The van der Waals surface area contributed by atoms with Crippen molar-refractivity contribution >= 4 is 0 Å². The van der Waals surface area contributed by atoms with E-state index in [-0.39, 0.29) is 0 Å². The molecule has 132 valence electrons. The number of phenols is 1. The molecule has 2 heteroatoms. The van der Waals surface area contributed by atoms with Crippen molar-refractivity contribution in [2.45, 2.75) is 90.4 Å². The van der Waals surface area contributed by atoms with Crippen molar-refractivity contribution in [3.63, 3.8) is 0 Å². The van der Waals surface area contributed by atoms with Crippen LogP contribution in [-0.2, 0) is 6.42 Å². The summed E-state index contributed by atoms with van der Waals surface area (Å²) >= 11 is 0. The maximum atomic E-state index is 9.64. The van der Waals surface area contributed by atoms with E-state index in [0.29, 0.717) is 5.75 Å². The molecule has 0 amide bonds. The minimum absolute atomic E-state index is 0.304. The lowest BCUT2D eigenvalue weighted by Crippen LogP contribution is -1.89. The molecule has 0 aliphatic rings. The highest BCUT2D eigenvalue weighted by molar-refractivity contribution is 5.37. The van der Waals surface area contributed by atoms with Crippen molar-refractivity contribution in [2.75, 3.05) is 7.11 Å². The minimum Gasteiger partial charge on any atom is -0.508 e. The second-order valence-electron chi connectivity index (χ2n) is 6.68. The van der Waals surface area contributed by atoms with E-state index in [1.807, 2.05) is 12.1 Å². The van der Waals surface area contributed by atoms with Crippen LogP contribution in [0.5, 0.6) is 11.5 Å². The van der Waals surface area contributed by atoms with Crippen LogP contribution in [0.3, 0.4) is 0 Å². The third-order valence-electron chi connectivity index (χ3n) is 4.51. The number of aryl methyl sites for hydroxylation is 1. The van der Waals surface area contributed by atoms with E-state index < -0.39 is 0 Å². The minimum atomic E-state index is 0.304. The summed E-state index contributed by atoms with van der Waals surface area (Å²) in [7, 11) is 1.64. The summed E-state index contributed by atoms with van der Waals surface area (Å²) in [6, 6.07) is 5.53. The van der Waals surface area contributed by atoms with Gasteiger partial charge in [0, 0.05) is 6.07 Å². The average molecular weight is 321 g/mol. The van der Waals surface area contributed by atoms with Crippen LogP contribution in [-0.4, -0.2) is 12.2 Å². The lowest BCUT2D eigenvalue weighted by atomic mass is 10.0. The molecule has 1 aromatic rings. The van der Waals surface area contributed by atoms with E-state index >= 15 is 0 Å². The van der Waals surface area contributed by atoms with Gasteiger partial charge >= 0.3 is 0 Å². The van der Waals surface area contributed by atoms with Gasteiger partial charge in [0.05, 0.1) is 7.11 Å². The molecular formula is C21H36O2. The van der Waals surface area contributed by atoms with Crippen LogP contribution < -0.4 is 4.74 Å². The van der Waals surface area contributed by atoms with E-state index in [4.69, 9.17) is 4.74 Å². The van der Waals surface area contributed by atoms with Gasteiger partial charge in [-0.2, -0.15) is 0 Å². The summed E-state index contributed by atoms with van der Waals surface area (Å²) in [6.07, 6.45) is 17.5. The van der Waals surface area contributed by atoms with Crippen LogP contribution in [0.2, 0.25) is 0 Å². The highest BCUT2D eigenvalue weighted by Gasteiger charge is 2.01. The van der Waals surface area contributed by atoms with E-state index in [0.717, 1.165) is 12.2 Å². The molecule has 0 saturated carbocycles. The number of aromatic hydroxyl groups is 1. The number of ether oxygens (including phenoxy) is 1. The lowest BCUT2D eigenvalue weighted by Gasteiger charge is -2.06. The Morgan fingerprint density at radius 3 is 1.78 bits per heavy atom. The molecule has 0 aliphatic heterocycles. The fraction of sp³-hybridized carbons (Fsp3) is 0.714. The molecule has 2 nitrogen and oxygen atoms in total. The first-order chi connectivity index (χ1) is 11.3. The Kier molecular flexibility index (Phi) is 11.5. The summed E-state index contributed by atoms with van der Waals surface area (Å²) in [5, 5.41) is 9.64. The van der Waals surface area contributed by atoms with Gasteiger partial charge in [-0.3, -0.25) is 0 Å². The molecule has 0 unspecified atom stereocenters. The number of hydrogen-bond donors (Lipinski definition) is 1. The SMILES string of the molecule is CCCCCCCCCCCCCCc1cc(O)cc(OC)c1. The van der Waals surface area contributed by atoms with Gasteiger partial charge in [0.2, 0.25) is 0 Å². The van der Waals surface area contributed by atoms with Crippen molar-refractivity contribution in [1.82, 2.24) is 0 Å². The quantitative estimate of drug-likeness (QED) is 0.389. The van der Waals surface area contributed by atoms with Crippen LogP contribution in [0.4, 0.5) is 0 Å². The molecule has 0 bridgehead atoms. The zero-order chi connectivity index (χ0) is 16.8. The lowest BCUT2D eigenvalue weighted by molar-refractivity contribution is 0.406. The Labute approximate surface area is 143 Å². The Morgan fingerprint density at radius 2 is 1.26 bits per heavy atom. The number of rotatable bonds is 14. The van der Waals surface area contributed by atoms with Crippen molar-refractivity contribution in [3.05, 3.63) is 23.8 Å². The van der Waals surface area contributed by atoms with Gasteiger partial charge < -0.3 is 9.84 Å². The standard InChI is InChI=1S/C21H36O2/c1-3-4-5-6-7-8-9-10-11-12-13-14-15-19-16-20(22)18-21(17-19)23-2/h16-18,22H,3-15H2,1-2H3. The largest absolute Gasteiger partial charge is 0.508 e. The Balaban J connectivity index is 1.94. The first-order valence-corrected chi connectivity index (χ1v) is 9.63. The van der Waals surface area contributed by atoms with E-state index in [1.165, 1.54) is 82.6 Å². The Bertz CT molecular complexity index is 401. The molecule has 0 aromatic heterocycles. The van der Waals surface area contributed by atoms with Crippen LogP contribution in [0.15, 0.2) is 18.2 Å². The maximum absolute atomic E-state index is 9.64. The molecule has 0 saturated heterocycles. The number of benzene rings is 1. The Hall–Kier alpha value is -1.18. The molecule has 0 spiro atoms. The molecule has 0 aliphatic carbocycles. The first kappa shape index (κ1) is 19.9. The topological polar surface area (TPSA) is 29.5 Å². The molecule has 0 radical (unpaired) electrons. The van der Waals surface area contributed by atoms with Gasteiger partial charge in [-0.25, -0.2) is 0 Å². The zero-order valence-corrected chi connectivity index (χ0v) is 15.3. The van der Waals surface area contributed by atoms with Gasteiger partial charge in [0.1, 0.15) is 11.5 Å². The van der Waals surface area contributed by atoms with Gasteiger partial charge in [0.25, 0.3) is 0 Å². The van der Waals surface area contributed by atoms with Gasteiger partial charge in [-0.05, 0) is 30.5 Å². The number of methoxy groups -OCH3 is 1. The van der Waals surface area contributed by atoms with E-state index in [1.54, 1.807) is 13.2 Å². The third kappa shape index (κ3) is 10.3. The molecule has 0 atom stereocenters. The van der Waals surface area contributed by atoms with Crippen LogP contribution in [0.1, 0.15) is 89.5 Å². The molecule has 0 fully saturated rings. The molecule has 0 heterocycles. The van der Waals surface area contributed by atoms with Crippen molar-refractivity contribution in [1.29, 1.82) is 0 Å². The average Bonchev–Trinajstić information content (AvgIpc) is 2.55. The van der Waals surface area contributed by atoms with Gasteiger partial charge in [-0.1, -0.05) is 77.6 Å². The summed E-state index contributed by atoms with van der Waals surface area (Å²) < 4.78 is 5.19. The third-order valence-corrected chi connectivity index (χ3v) is 4.51. The molecule has 23 heavy (non-hydrogen) atoms. The predicted octanol–water partition coefficient (Wildman–Crippen LogP) is 6.64. The summed E-state index contributed by atoms with van der Waals surface area (Å²) in [6.45, 7) is 2.27. The second-order valence-corrected chi connectivity index (χ2v) is 6.68. The van der Waals surface area contributed by atoms with Crippen LogP contribution in [0, 0.1) is 0 Å². The normalized spacial score (nSPS) is 10.9. The highest BCUT2D eigenvalue weighted by atomic mass is 16.5. The summed E-state index contributed by atoms with van der Waals surface area (Å²) in [5.41, 5.74) is 1.17.